The minimum atomic E-state index is -1.23. The van der Waals surface area contributed by atoms with Crippen LogP contribution in [0.5, 0.6) is 0 Å². The Hall–Kier alpha value is -3.89. The summed E-state index contributed by atoms with van der Waals surface area (Å²) < 4.78 is 0. The van der Waals surface area contributed by atoms with Crippen molar-refractivity contribution in [3.8, 4) is 0 Å². The third-order valence-corrected chi connectivity index (χ3v) is 5.12. The van der Waals surface area contributed by atoms with Crippen LogP contribution in [-0.2, 0) is 19.2 Å². The Kier molecular flexibility index (Phi) is 8.55. The number of carbonyl (C=O) groups excluding carboxylic acids is 4. The second-order valence-corrected chi connectivity index (χ2v) is 7.48. The molecular weight excluding hydrogens is 430 g/mol. The number of aldehydes is 1. The van der Waals surface area contributed by atoms with Gasteiger partial charge in [0.15, 0.2) is 0 Å². The Morgan fingerprint density at radius 3 is 2.58 bits per heavy atom. The van der Waals surface area contributed by atoms with Crippen LogP contribution in [0.1, 0.15) is 44.1 Å². The number of carbonyl (C=O) groups is 5. The number of hydrogen-bond donors (Lipinski definition) is 3. The summed E-state index contributed by atoms with van der Waals surface area (Å²) in [6.07, 6.45) is 2.05. The summed E-state index contributed by atoms with van der Waals surface area (Å²) in [4.78, 5) is 69.6. The molecule has 3 amide bonds. The molecule has 11 heteroatoms. The molecule has 0 bridgehead atoms. The fourth-order valence-corrected chi connectivity index (χ4v) is 3.55. The number of benzene rings is 1. The van der Waals surface area contributed by atoms with E-state index in [0.717, 1.165) is 0 Å². The molecular formula is C22H27N5O6. The largest absolute Gasteiger partial charge is 0.481 e. The molecule has 2 aromatic rings. The number of rotatable bonds is 8. The number of amides is 3. The van der Waals surface area contributed by atoms with E-state index < -0.39 is 48.2 Å². The molecule has 3 N–H and O–H groups in total. The number of nitrogens with one attached hydrogen (secondary N) is 2. The quantitative estimate of drug-likeness (QED) is 0.484. The summed E-state index contributed by atoms with van der Waals surface area (Å²) >= 11 is 0. The van der Waals surface area contributed by atoms with Crippen LogP contribution in [0.2, 0.25) is 0 Å². The molecule has 0 spiro atoms. The zero-order valence-corrected chi connectivity index (χ0v) is 17.4. The number of likely N-dealkylation sites (tertiary alicyclic amines) is 1. The van der Waals surface area contributed by atoms with Crippen LogP contribution < -0.4 is 10.6 Å². The highest BCUT2D eigenvalue weighted by Crippen LogP contribution is 2.19. The van der Waals surface area contributed by atoms with Crippen LogP contribution in [-0.4, -0.2) is 74.6 Å². The number of nitrogens with zero attached hydrogens (tertiary/aromatic N) is 3. The topological polar surface area (TPSA) is 159 Å². The molecule has 1 fully saturated rings. The van der Waals surface area contributed by atoms with Gasteiger partial charge in [-0.25, -0.2) is 4.98 Å². The zero-order valence-electron chi connectivity index (χ0n) is 17.4. The van der Waals surface area contributed by atoms with Crippen molar-refractivity contribution >= 4 is 41.0 Å². The van der Waals surface area contributed by atoms with Crippen LogP contribution in [0.25, 0.3) is 11.0 Å². The van der Waals surface area contributed by atoms with E-state index in [2.05, 4.69) is 20.6 Å². The van der Waals surface area contributed by atoms with Crippen molar-refractivity contribution in [3.63, 3.8) is 0 Å². The minimum Gasteiger partial charge on any atom is -0.481 e. The number of carboxylic acids is 1. The van der Waals surface area contributed by atoms with Crippen LogP contribution >= 0.6 is 0 Å². The molecule has 2 unspecified atom stereocenters. The number of aliphatic carboxylic acids is 1. The van der Waals surface area contributed by atoms with E-state index in [0.29, 0.717) is 36.7 Å². The summed E-state index contributed by atoms with van der Waals surface area (Å²) in [6.45, 7) is 1.80. The summed E-state index contributed by atoms with van der Waals surface area (Å²) in [6, 6.07) is 4.09. The summed E-state index contributed by atoms with van der Waals surface area (Å²) in [5.41, 5.74) is 1.23. The van der Waals surface area contributed by atoms with E-state index in [9.17, 15) is 24.0 Å². The van der Waals surface area contributed by atoms with Crippen molar-refractivity contribution in [2.75, 3.05) is 6.54 Å². The molecule has 1 aromatic heterocycles. The van der Waals surface area contributed by atoms with E-state index in [1.165, 1.54) is 18.0 Å². The number of fused-ring (bicyclic) bond motifs is 1. The molecule has 1 saturated heterocycles. The van der Waals surface area contributed by atoms with E-state index in [1.54, 1.807) is 24.3 Å². The van der Waals surface area contributed by atoms with Gasteiger partial charge in [0.25, 0.3) is 5.91 Å². The van der Waals surface area contributed by atoms with E-state index in [1.807, 2.05) is 0 Å². The maximum atomic E-state index is 12.9. The molecule has 0 saturated carbocycles. The normalized spacial score (nSPS) is 16.9. The lowest BCUT2D eigenvalue weighted by Gasteiger charge is -2.27. The van der Waals surface area contributed by atoms with Crippen molar-refractivity contribution in [1.82, 2.24) is 25.5 Å². The van der Waals surface area contributed by atoms with Gasteiger partial charge in [0, 0.05) is 6.54 Å². The van der Waals surface area contributed by atoms with Crippen LogP contribution in [0.15, 0.2) is 30.5 Å². The molecule has 0 radical (unpaired) electrons. The smallest absolute Gasteiger partial charge is 0.305 e. The highest BCUT2D eigenvalue weighted by atomic mass is 16.4. The molecule has 11 nitrogen and oxygen atoms in total. The fraction of sp³-hybridized carbons (Fsp3) is 0.409. The predicted octanol–water partition coefficient (Wildman–Crippen LogP) is 0.534. The Morgan fingerprint density at radius 1 is 1.21 bits per heavy atom. The van der Waals surface area contributed by atoms with Gasteiger partial charge in [-0.05, 0) is 31.9 Å². The first-order chi connectivity index (χ1) is 15.3. The first kappa shape index (κ1) is 25.4. The number of hydrogen-bond acceptors (Lipinski definition) is 7. The maximum Gasteiger partial charge on any atom is 0.305 e. The first-order valence-corrected chi connectivity index (χ1v) is 10.1. The van der Waals surface area contributed by atoms with E-state index >= 15 is 0 Å². The van der Waals surface area contributed by atoms with Gasteiger partial charge in [0.05, 0.1) is 29.7 Å². The van der Waals surface area contributed by atoms with Gasteiger partial charge >= 0.3 is 5.97 Å². The highest BCUT2D eigenvalue weighted by molar-refractivity contribution is 5.98. The molecule has 176 valence electrons. The summed E-state index contributed by atoms with van der Waals surface area (Å²) in [7, 11) is 0. The molecule has 1 aliphatic heterocycles. The Labute approximate surface area is 190 Å². The highest BCUT2D eigenvalue weighted by Gasteiger charge is 2.37. The average Bonchev–Trinajstić information content (AvgIpc) is 3.27. The van der Waals surface area contributed by atoms with Crippen molar-refractivity contribution in [2.24, 2.45) is 0 Å². The first-order valence-electron chi connectivity index (χ1n) is 10.1. The number of para-hydroxylation sites is 2. The second kappa shape index (κ2) is 11.1. The Bertz CT molecular complexity index is 1060. The third kappa shape index (κ3) is 6.09. The number of aromatic nitrogens is 2. The molecule has 3 rings (SSSR count). The number of carboxylic acid groups (broad SMARTS) is 1. The van der Waals surface area contributed by atoms with Gasteiger partial charge in [0.2, 0.25) is 11.8 Å². The SMILES string of the molecule is C.CC(NC(=O)c1cnc2ccccc2n1)C(=O)N1CCCC1C(=O)N[C@H](C=O)CC(=O)O. The molecule has 0 aliphatic carbocycles. The predicted molar refractivity (Wildman–Crippen MR) is 118 cm³/mol. The molecule has 1 aromatic carbocycles. The van der Waals surface area contributed by atoms with Crippen LogP contribution in [0, 0.1) is 0 Å². The zero-order chi connectivity index (χ0) is 23.3. The lowest BCUT2D eigenvalue weighted by atomic mass is 10.1. The van der Waals surface area contributed by atoms with Gasteiger partial charge in [-0.15, -0.1) is 0 Å². The summed E-state index contributed by atoms with van der Waals surface area (Å²) in [5.74, 6) is -2.87. The Balaban J connectivity index is 0.00000385. The Morgan fingerprint density at radius 2 is 1.91 bits per heavy atom. The van der Waals surface area contributed by atoms with Gasteiger partial charge in [0.1, 0.15) is 24.1 Å². The lowest BCUT2D eigenvalue weighted by Crippen LogP contribution is -2.54. The fourth-order valence-electron chi connectivity index (χ4n) is 3.55. The van der Waals surface area contributed by atoms with E-state index in [-0.39, 0.29) is 13.1 Å². The van der Waals surface area contributed by atoms with Gasteiger partial charge < -0.3 is 25.4 Å². The standard InChI is InChI=1S/C21H23N5O6.CH4/c1-12(23-19(30)16-10-22-14-5-2-3-6-15(14)25-16)21(32)26-8-4-7-17(26)20(31)24-13(11-27)9-18(28)29;/h2-3,5-6,10-13,17H,4,7-9H2,1H3,(H,23,30)(H,24,31)(H,28,29);1H4/t12?,13-,17?;/m0./s1. The second-order valence-electron chi connectivity index (χ2n) is 7.48. The van der Waals surface area contributed by atoms with Gasteiger partial charge in [-0.1, -0.05) is 19.6 Å². The molecule has 1 aliphatic rings. The van der Waals surface area contributed by atoms with E-state index in [4.69, 9.17) is 5.11 Å². The van der Waals surface area contributed by atoms with Crippen LogP contribution in [0.3, 0.4) is 0 Å². The monoisotopic (exact) mass is 457 g/mol. The lowest BCUT2D eigenvalue weighted by molar-refractivity contribution is -0.141. The van der Waals surface area contributed by atoms with Gasteiger partial charge in [-0.3, -0.25) is 24.2 Å². The maximum absolute atomic E-state index is 12.9. The average molecular weight is 457 g/mol. The minimum absolute atomic E-state index is 0. The van der Waals surface area contributed by atoms with Crippen molar-refractivity contribution < 1.29 is 29.1 Å². The van der Waals surface area contributed by atoms with Crippen molar-refractivity contribution in [1.29, 1.82) is 0 Å². The molecule has 33 heavy (non-hydrogen) atoms. The molecule has 3 atom stereocenters. The van der Waals surface area contributed by atoms with Crippen molar-refractivity contribution in [2.45, 2.75) is 51.7 Å². The third-order valence-electron chi connectivity index (χ3n) is 5.12. The summed E-state index contributed by atoms with van der Waals surface area (Å²) in [5, 5.41) is 13.8. The van der Waals surface area contributed by atoms with Crippen molar-refractivity contribution in [3.05, 3.63) is 36.2 Å². The molecule has 2 heterocycles. The van der Waals surface area contributed by atoms with Crippen LogP contribution in [0.4, 0.5) is 0 Å². The van der Waals surface area contributed by atoms with Gasteiger partial charge in [-0.2, -0.15) is 0 Å².